The minimum atomic E-state index is -0.913. The molecule has 11 aromatic rings. The number of carboxylic acid groups (broad SMARTS) is 1. The maximum atomic E-state index is 11.8. The number of anilines is 3. The molecule has 4 nitrogen and oxygen atoms in total. The first kappa shape index (κ1) is 66.6. The molecule has 2 aliphatic carbocycles. The summed E-state index contributed by atoms with van der Waals surface area (Å²) < 4.78 is 0.896. The van der Waals surface area contributed by atoms with Crippen molar-refractivity contribution >= 4 is 102 Å². The number of rotatable bonds is 30. The van der Waals surface area contributed by atoms with E-state index >= 15 is 0 Å². The second kappa shape index (κ2) is 29.4. The second-order valence-electron chi connectivity index (χ2n) is 27.7. The molecule has 0 unspecified atom stereocenters. The third kappa shape index (κ3) is 13.9. The predicted octanol–water partition coefficient (Wildman–Crippen LogP) is 27.7. The molecule has 5 aromatic heterocycles. The number of thiazole rings is 1. The van der Waals surface area contributed by atoms with Gasteiger partial charge in [0.2, 0.25) is 0 Å². The van der Waals surface area contributed by atoms with Crippen molar-refractivity contribution in [3.05, 3.63) is 212 Å². The van der Waals surface area contributed by atoms with E-state index in [1.807, 2.05) is 40.1 Å². The smallest absolute Gasteiger partial charge is 0.335 e. The van der Waals surface area contributed by atoms with Crippen LogP contribution in [0, 0.1) is 0 Å². The van der Waals surface area contributed by atoms with E-state index in [0.717, 1.165) is 46.6 Å². The maximum Gasteiger partial charge on any atom is 0.335 e. The van der Waals surface area contributed by atoms with Gasteiger partial charge in [0.1, 0.15) is 5.01 Å². The number of hydrogen-bond donors (Lipinski definition) is 1. The summed E-state index contributed by atoms with van der Waals surface area (Å²) in [5.74, 6) is -0.913. The number of aromatic nitrogens is 1. The zero-order valence-corrected chi connectivity index (χ0v) is 61.1. The average molecular weight is 1350 g/mol. The summed E-state index contributed by atoms with van der Waals surface area (Å²) in [4.78, 5) is 30.4. The Morgan fingerprint density at radius 2 is 0.884 bits per heavy atom. The van der Waals surface area contributed by atoms with Crippen LogP contribution in [-0.2, 0) is 36.5 Å². The Labute approximate surface area is 585 Å². The lowest BCUT2D eigenvalue weighted by Gasteiger charge is -2.29. The molecule has 0 radical (unpaired) electrons. The summed E-state index contributed by atoms with van der Waals surface area (Å²) in [7, 11) is 0. The summed E-state index contributed by atoms with van der Waals surface area (Å²) in [5, 5.41) is 10.6. The van der Waals surface area contributed by atoms with E-state index in [2.05, 4.69) is 217 Å². The fourth-order valence-corrected chi connectivity index (χ4v) is 21.0. The largest absolute Gasteiger partial charge is 0.478 e. The number of aromatic carboxylic acids is 1. The van der Waals surface area contributed by atoms with E-state index in [9.17, 15) is 9.90 Å². The zero-order chi connectivity index (χ0) is 65.8. The first-order valence-electron chi connectivity index (χ1n) is 35.5. The molecule has 1 N–H and O–H groups in total. The van der Waals surface area contributed by atoms with Crippen molar-refractivity contribution in [2.24, 2.45) is 0 Å². The summed E-state index contributed by atoms with van der Waals surface area (Å²) in [6.45, 7) is 18.8. The normalized spacial score (nSPS) is 13.5. The summed E-state index contributed by atoms with van der Waals surface area (Å²) in [5.41, 5.74) is 22.6. The van der Waals surface area contributed by atoms with E-state index < -0.39 is 5.97 Å². The highest BCUT2D eigenvalue weighted by atomic mass is 32.1. The van der Waals surface area contributed by atoms with Crippen molar-refractivity contribution in [3.8, 4) is 62.0 Å². The van der Waals surface area contributed by atoms with E-state index in [0.29, 0.717) is 5.56 Å². The quantitative estimate of drug-likeness (QED) is 0.0456. The molecule has 0 saturated heterocycles. The van der Waals surface area contributed by atoms with Gasteiger partial charge in [-0.05, 0) is 215 Å². The van der Waals surface area contributed by atoms with E-state index in [4.69, 9.17) is 4.98 Å². The number of nitrogens with zero attached hydrogens (tertiary/aromatic N) is 2. The lowest BCUT2D eigenvalue weighted by atomic mass is 9.82. The number of carbonyl (C=O) groups is 1. The van der Waals surface area contributed by atoms with Gasteiger partial charge in [-0.25, -0.2) is 9.78 Å². The molecule has 13 rings (SSSR count). The summed E-state index contributed by atoms with van der Waals surface area (Å²) >= 11 is 9.60. The molecule has 0 amide bonds. The maximum absolute atomic E-state index is 11.8. The number of hydrogen-bond acceptors (Lipinski definition) is 8. The molecule has 6 aromatic carbocycles. The van der Waals surface area contributed by atoms with Crippen LogP contribution in [0.4, 0.5) is 17.1 Å². The van der Waals surface area contributed by atoms with E-state index in [1.54, 1.807) is 23.5 Å². The summed E-state index contributed by atoms with van der Waals surface area (Å²) in [6, 6.07) is 57.6. The fraction of sp³-hybridized carbons (Fsp3) is 0.349. The Balaban J connectivity index is 0.880. The SMILES string of the molecule is CCCCCCc1cc(-c2sc(-c3sc(-c4sc(C=Cc5nc6ccc(C(=O)O)cc6s5)cc4CCCCCC)cc3CCCCCC)cc2CCCCCC)sc1-c1ccc(N(c2ccc3c(c2)-c2ccccc2C3(C)C)c2ccc3c(c2)C(C)(C)c2ccccc2-3)cc1. The lowest BCUT2D eigenvalue weighted by Crippen LogP contribution is -2.17. The Kier molecular flexibility index (Phi) is 20.6. The number of benzene rings is 6. The minimum Gasteiger partial charge on any atom is -0.478 e. The highest BCUT2D eigenvalue weighted by molar-refractivity contribution is 7.29. The molecule has 0 bridgehead atoms. The fourth-order valence-electron chi connectivity index (χ4n) is 14.9. The molecule has 0 spiro atoms. The zero-order valence-electron chi connectivity index (χ0n) is 57.0. The van der Waals surface area contributed by atoms with Gasteiger partial charge >= 0.3 is 5.97 Å². The topological polar surface area (TPSA) is 53.4 Å². The van der Waals surface area contributed by atoms with Crippen molar-refractivity contribution in [1.29, 1.82) is 0 Å². The number of fused-ring (bicyclic) bond motifs is 7. The van der Waals surface area contributed by atoms with Gasteiger partial charge in [0, 0.05) is 66.9 Å². The van der Waals surface area contributed by atoms with Crippen molar-refractivity contribution in [2.45, 2.75) is 195 Å². The van der Waals surface area contributed by atoms with Crippen LogP contribution in [0.5, 0.6) is 0 Å². The molecule has 0 aliphatic heterocycles. The highest BCUT2D eigenvalue weighted by Crippen LogP contribution is 2.55. The number of aryl methyl sites for hydroxylation is 4. The lowest BCUT2D eigenvalue weighted by molar-refractivity contribution is 0.0697. The van der Waals surface area contributed by atoms with Crippen molar-refractivity contribution < 1.29 is 9.90 Å². The van der Waals surface area contributed by atoms with Gasteiger partial charge in [0.05, 0.1) is 15.8 Å². The monoisotopic (exact) mass is 1340 g/mol. The van der Waals surface area contributed by atoms with Gasteiger partial charge in [-0.3, -0.25) is 0 Å². The number of thiophene rings is 4. The second-order valence-corrected chi connectivity index (χ2v) is 33.0. The van der Waals surface area contributed by atoms with Crippen LogP contribution in [0.2, 0.25) is 0 Å². The van der Waals surface area contributed by atoms with Crippen molar-refractivity contribution in [2.75, 3.05) is 4.90 Å². The van der Waals surface area contributed by atoms with Crippen LogP contribution >= 0.6 is 56.7 Å². The Morgan fingerprint density at radius 3 is 1.45 bits per heavy atom. The molecular weight excluding hydrogens is 1250 g/mol. The van der Waals surface area contributed by atoms with Gasteiger partial charge < -0.3 is 10.0 Å². The van der Waals surface area contributed by atoms with Gasteiger partial charge in [-0.15, -0.1) is 56.7 Å². The number of unbranched alkanes of at least 4 members (excludes halogenated alkanes) is 12. The van der Waals surface area contributed by atoms with Crippen LogP contribution in [0.15, 0.2) is 152 Å². The van der Waals surface area contributed by atoms with Gasteiger partial charge in [0.15, 0.2) is 0 Å². The van der Waals surface area contributed by atoms with Crippen molar-refractivity contribution in [3.63, 3.8) is 0 Å². The molecule has 2 aliphatic rings. The van der Waals surface area contributed by atoms with Gasteiger partial charge in [0.25, 0.3) is 0 Å². The Bertz CT molecular complexity index is 4550. The molecule has 9 heteroatoms. The third-order valence-electron chi connectivity index (χ3n) is 20.2. The van der Waals surface area contributed by atoms with E-state index in [1.165, 1.54) is 225 Å². The molecular formula is C86H92N2O2S5. The van der Waals surface area contributed by atoms with Crippen LogP contribution in [-0.4, -0.2) is 16.1 Å². The molecule has 0 fully saturated rings. The third-order valence-corrected chi connectivity index (χ3v) is 26.5. The summed E-state index contributed by atoms with van der Waals surface area (Å²) in [6.07, 6.45) is 28.4. The molecule has 5 heterocycles. The van der Waals surface area contributed by atoms with Gasteiger partial charge in [-0.1, -0.05) is 205 Å². The first-order valence-corrected chi connectivity index (χ1v) is 39.6. The van der Waals surface area contributed by atoms with Crippen LogP contribution < -0.4 is 4.90 Å². The Morgan fingerprint density at radius 1 is 0.421 bits per heavy atom. The van der Waals surface area contributed by atoms with Crippen LogP contribution in [0.3, 0.4) is 0 Å². The minimum absolute atomic E-state index is 0.0769. The predicted molar refractivity (Wildman–Crippen MR) is 416 cm³/mol. The average Bonchev–Trinajstić information content (AvgIpc) is 1.60. The van der Waals surface area contributed by atoms with Gasteiger partial charge in [-0.2, -0.15) is 0 Å². The van der Waals surface area contributed by atoms with Crippen LogP contribution in [0.25, 0.3) is 84.3 Å². The molecule has 95 heavy (non-hydrogen) atoms. The number of carboxylic acids is 1. The highest BCUT2D eigenvalue weighted by Gasteiger charge is 2.38. The Hall–Kier alpha value is -6.98. The molecule has 0 atom stereocenters. The molecule has 488 valence electrons. The molecule has 0 saturated carbocycles. The van der Waals surface area contributed by atoms with E-state index in [-0.39, 0.29) is 10.8 Å². The first-order chi connectivity index (χ1) is 46.3. The van der Waals surface area contributed by atoms with Crippen LogP contribution in [0.1, 0.15) is 223 Å². The van der Waals surface area contributed by atoms with Crippen molar-refractivity contribution in [1.82, 2.24) is 4.98 Å². The standard InChI is InChI=1S/C86H92N2O2S5/c1-9-13-17-21-29-57-49-65(44-48-79-87-74-47-39-61(84(89)90)53-75(74)92-79)91-81(57)76-51-59(31-23-19-15-11-3)83(94-76)78-52-60(32-24-20-16-12-4)82(95-78)77-50-58(30-22-18-14-10-2)80(93-77)56-37-40-62(41-38-56)88(63-43-46-72-69(54-63)67-34-26-28-36-71(67)85(72,5)6)64-42-45-68-66-33-25-27-35-70(66)86(7,8)73(68)55-64/h25-28,33-55H,9-24,29-32H2,1-8H3,(H,89,90).